The maximum atomic E-state index is 9.51. The lowest BCUT2D eigenvalue weighted by Gasteiger charge is -2.09. The Morgan fingerprint density at radius 1 is 1.20 bits per heavy atom. The number of hydrogen-bond acceptors (Lipinski definition) is 3. The maximum Gasteiger partial charge on any atom is 0.112 e. The van der Waals surface area contributed by atoms with Gasteiger partial charge in [-0.25, -0.2) is 0 Å². The van der Waals surface area contributed by atoms with Gasteiger partial charge in [0.05, 0.1) is 6.61 Å². The van der Waals surface area contributed by atoms with Gasteiger partial charge in [0.2, 0.25) is 0 Å². The molecule has 0 aromatic heterocycles. The van der Waals surface area contributed by atoms with Crippen LogP contribution in [-0.2, 0) is 4.74 Å². The summed E-state index contributed by atoms with van der Waals surface area (Å²) in [6, 6.07) is 9.77. The Labute approximate surface area is 88.6 Å². The number of rotatable bonds is 2. The second kappa shape index (κ2) is 4.57. The Kier molecular flexibility index (Phi) is 3.16. The fraction of sp³-hybridized carbons (Fsp3) is 0.333. The van der Waals surface area contributed by atoms with E-state index in [1.807, 2.05) is 36.4 Å². The van der Waals surface area contributed by atoms with Gasteiger partial charge in [0.15, 0.2) is 0 Å². The molecular weight excluding hydrogens is 192 g/mol. The van der Waals surface area contributed by atoms with Gasteiger partial charge < -0.3 is 14.9 Å². The molecule has 2 N–H and O–H groups in total. The van der Waals surface area contributed by atoms with Crippen LogP contribution in [0.3, 0.4) is 0 Å². The third-order valence-electron chi connectivity index (χ3n) is 2.47. The minimum atomic E-state index is -0.815. The molecule has 0 bridgehead atoms. The van der Waals surface area contributed by atoms with E-state index in [1.54, 1.807) is 6.08 Å². The molecule has 0 unspecified atom stereocenters. The average Bonchev–Trinajstić information content (AvgIpc) is 2.59. The van der Waals surface area contributed by atoms with E-state index in [2.05, 4.69) is 0 Å². The normalized spacial score (nSPS) is 31.2. The zero-order valence-corrected chi connectivity index (χ0v) is 8.28. The number of benzene rings is 1. The van der Waals surface area contributed by atoms with Crippen molar-refractivity contribution >= 4 is 6.08 Å². The van der Waals surface area contributed by atoms with E-state index in [1.165, 1.54) is 0 Å². The van der Waals surface area contributed by atoms with Crippen molar-refractivity contribution in [3.05, 3.63) is 42.0 Å². The molecule has 0 aliphatic carbocycles. The summed E-state index contributed by atoms with van der Waals surface area (Å²) in [4.78, 5) is 0. The second-order valence-corrected chi connectivity index (χ2v) is 3.63. The molecule has 1 aliphatic heterocycles. The quantitative estimate of drug-likeness (QED) is 0.753. The Bertz CT molecular complexity index is 334. The summed E-state index contributed by atoms with van der Waals surface area (Å²) in [5, 5.41) is 18.8. The number of hydrogen-bond donors (Lipinski definition) is 2. The van der Waals surface area contributed by atoms with Crippen molar-refractivity contribution in [3.8, 4) is 0 Å². The standard InChI is InChI=1S/C12H14O3/c13-10-8-15-11(12(10)14)7-6-9-4-2-1-3-5-9/h1-7,10-14H,8H2/b7-6+/t10-,11-,12+/m1/s1. The van der Waals surface area contributed by atoms with E-state index in [9.17, 15) is 10.2 Å². The van der Waals surface area contributed by atoms with Gasteiger partial charge >= 0.3 is 0 Å². The lowest BCUT2D eigenvalue weighted by molar-refractivity contribution is 0.0422. The maximum absolute atomic E-state index is 9.51. The number of ether oxygens (including phenoxy) is 1. The van der Waals surface area contributed by atoms with E-state index in [4.69, 9.17) is 4.74 Å². The lowest BCUT2D eigenvalue weighted by Crippen LogP contribution is -2.28. The zero-order chi connectivity index (χ0) is 10.7. The fourth-order valence-electron chi connectivity index (χ4n) is 1.57. The van der Waals surface area contributed by atoms with Crippen molar-refractivity contribution in [3.63, 3.8) is 0 Å². The first-order valence-corrected chi connectivity index (χ1v) is 4.98. The van der Waals surface area contributed by atoms with Gasteiger partial charge in [0, 0.05) is 0 Å². The highest BCUT2D eigenvalue weighted by molar-refractivity contribution is 5.49. The van der Waals surface area contributed by atoms with Crippen LogP contribution in [0, 0.1) is 0 Å². The van der Waals surface area contributed by atoms with Crippen LogP contribution < -0.4 is 0 Å². The Morgan fingerprint density at radius 3 is 2.53 bits per heavy atom. The highest BCUT2D eigenvalue weighted by atomic mass is 16.5. The summed E-state index contributed by atoms with van der Waals surface area (Å²) in [7, 11) is 0. The minimum Gasteiger partial charge on any atom is -0.388 e. The molecule has 3 nitrogen and oxygen atoms in total. The minimum absolute atomic E-state index is 0.199. The smallest absolute Gasteiger partial charge is 0.112 e. The molecule has 1 aromatic rings. The van der Waals surface area contributed by atoms with Crippen LogP contribution in [0.5, 0.6) is 0 Å². The van der Waals surface area contributed by atoms with Crippen LogP contribution in [0.1, 0.15) is 5.56 Å². The van der Waals surface area contributed by atoms with Gasteiger partial charge in [-0.2, -0.15) is 0 Å². The molecule has 3 heteroatoms. The van der Waals surface area contributed by atoms with Crippen LogP contribution in [0.15, 0.2) is 36.4 Å². The fourth-order valence-corrected chi connectivity index (χ4v) is 1.57. The van der Waals surface area contributed by atoms with Crippen molar-refractivity contribution in [1.29, 1.82) is 0 Å². The van der Waals surface area contributed by atoms with Crippen molar-refractivity contribution in [2.75, 3.05) is 6.61 Å². The molecule has 1 saturated heterocycles. The highest BCUT2D eigenvalue weighted by Gasteiger charge is 2.32. The first-order chi connectivity index (χ1) is 7.27. The molecule has 1 heterocycles. The van der Waals surface area contributed by atoms with E-state index < -0.39 is 18.3 Å². The Hall–Kier alpha value is -1.16. The Morgan fingerprint density at radius 2 is 1.93 bits per heavy atom. The first kappa shape index (κ1) is 10.4. The molecule has 0 amide bonds. The van der Waals surface area contributed by atoms with E-state index in [0.717, 1.165) is 5.56 Å². The Balaban J connectivity index is 2.01. The van der Waals surface area contributed by atoms with Gasteiger partial charge in [-0.1, -0.05) is 42.5 Å². The van der Waals surface area contributed by atoms with Crippen molar-refractivity contribution < 1.29 is 14.9 Å². The predicted octanol–water partition coefficient (Wildman–Crippen LogP) is 0.820. The summed E-state index contributed by atoms with van der Waals surface area (Å²) in [5.74, 6) is 0. The van der Waals surface area contributed by atoms with Crippen LogP contribution in [0.2, 0.25) is 0 Å². The van der Waals surface area contributed by atoms with E-state index in [-0.39, 0.29) is 6.61 Å². The molecule has 2 rings (SSSR count). The highest BCUT2D eigenvalue weighted by Crippen LogP contribution is 2.16. The third kappa shape index (κ3) is 2.45. The number of aliphatic hydroxyl groups excluding tert-OH is 2. The van der Waals surface area contributed by atoms with Crippen LogP contribution in [0.4, 0.5) is 0 Å². The van der Waals surface area contributed by atoms with Crippen molar-refractivity contribution in [2.24, 2.45) is 0 Å². The van der Waals surface area contributed by atoms with Gasteiger partial charge in [0.1, 0.15) is 18.3 Å². The summed E-state index contributed by atoms with van der Waals surface area (Å²) in [6.45, 7) is 0.199. The molecule has 0 radical (unpaired) electrons. The molecule has 0 spiro atoms. The van der Waals surface area contributed by atoms with Crippen LogP contribution in [0.25, 0.3) is 6.08 Å². The largest absolute Gasteiger partial charge is 0.388 e. The van der Waals surface area contributed by atoms with Crippen molar-refractivity contribution in [2.45, 2.75) is 18.3 Å². The van der Waals surface area contributed by atoms with Gasteiger partial charge in [-0.15, -0.1) is 0 Å². The third-order valence-corrected chi connectivity index (χ3v) is 2.47. The summed E-state index contributed by atoms with van der Waals surface area (Å²) in [6.07, 6.45) is 1.67. The predicted molar refractivity (Wildman–Crippen MR) is 57.2 cm³/mol. The van der Waals surface area contributed by atoms with Crippen LogP contribution >= 0.6 is 0 Å². The molecule has 1 aliphatic rings. The van der Waals surface area contributed by atoms with Gasteiger partial charge in [0.25, 0.3) is 0 Å². The monoisotopic (exact) mass is 206 g/mol. The van der Waals surface area contributed by atoms with Crippen molar-refractivity contribution in [1.82, 2.24) is 0 Å². The molecule has 3 atom stereocenters. The molecule has 15 heavy (non-hydrogen) atoms. The van der Waals surface area contributed by atoms with E-state index in [0.29, 0.717) is 0 Å². The molecular formula is C12H14O3. The first-order valence-electron chi connectivity index (χ1n) is 4.98. The SMILES string of the molecule is O[C@H]1[C@H](O)CO[C@@H]1/C=C/c1ccccc1. The average molecular weight is 206 g/mol. The van der Waals surface area contributed by atoms with Crippen LogP contribution in [-0.4, -0.2) is 35.1 Å². The molecule has 1 aromatic carbocycles. The lowest BCUT2D eigenvalue weighted by atomic mass is 10.1. The van der Waals surface area contributed by atoms with Gasteiger partial charge in [-0.3, -0.25) is 0 Å². The summed E-state index contributed by atoms with van der Waals surface area (Å²) >= 11 is 0. The molecule has 1 fully saturated rings. The van der Waals surface area contributed by atoms with E-state index >= 15 is 0 Å². The zero-order valence-electron chi connectivity index (χ0n) is 8.28. The van der Waals surface area contributed by atoms with Gasteiger partial charge in [-0.05, 0) is 5.56 Å². The second-order valence-electron chi connectivity index (χ2n) is 3.63. The summed E-state index contributed by atoms with van der Waals surface area (Å²) < 4.78 is 5.21. The molecule has 80 valence electrons. The number of aliphatic hydroxyl groups is 2. The topological polar surface area (TPSA) is 49.7 Å². The summed E-state index contributed by atoms with van der Waals surface area (Å²) in [5.41, 5.74) is 1.05. The molecule has 0 saturated carbocycles.